The molecule has 0 aliphatic heterocycles. The summed E-state index contributed by atoms with van der Waals surface area (Å²) in [5.74, 6) is 0.542. The minimum Gasteiger partial charge on any atom is -0.467 e. The van der Waals surface area contributed by atoms with Crippen LogP contribution >= 0.6 is 0 Å². The van der Waals surface area contributed by atoms with Gasteiger partial charge in [-0.25, -0.2) is 4.79 Å². The number of carbonyl (C=O) groups is 1. The average molecular weight is 186 g/mol. The Labute approximate surface area is 79.1 Å². The minimum atomic E-state index is -0.993. The number of ether oxygens (including phenoxy) is 1. The molecule has 0 saturated heterocycles. The van der Waals surface area contributed by atoms with Gasteiger partial charge in [-0.15, -0.1) is 0 Å². The number of hydrogen-bond donors (Lipinski definition) is 1. The van der Waals surface area contributed by atoms with E-state index in [4.69, 9.17) is 0 Å². The zero-order valence-corrected chi connectivity index (χ0v) is 8.70. The molecule has 0 spiro atoms. The van der Waals surface area contributed by atoms with Gasteiger partial charge >= 0.3 is 5.97 Å². The van der Waals surface area contributed by atoms with Gasteiger partial charge in [-0.05, 0) is 18.3 Å². The highest BCUT2D eigenvalue weighted by Gasteiger charge is 2.50. The van der Waals surface area contributed by atoms with Gasteiger partial charge in [0.2, 0.25) is 0 Å². The van der Waals surface area contributed by atoms with Gasteiger partial charge in [-0.1, -0.05) is 20.8 Å². The predicted molar refractivity (Wildman–Crippen MR) is 49.1 cm³/mol. The SMILES string of the molecule is COC(=O)C(O)C(C)(C)C1CC1C. The molecule has 0 aromatic heterocycles. The molecule has 3 atom stereocenters. The normalized spacial score (nSPS) is 29.6. The molecule has 76 valence electrons. The maximum absolute atomic E-state index is 11.1. The first-order chi connectivity index (χ1) is 5.91. The van der Waals surface area contributed by atoms with Gasteiger partial charge in [0.15, 0.2) is 6.10 Å². The Hall–Kier alpha value is -0.570. The molecule has 1 fully saturated rings. The molecule has 3 heteroatoms. The van der Waals surface area contributed by atoms with E-state index in [-0.39, 0.29) is 5.41 Å². The van der Waals surface area contributed by atoms with Gasteiger partial charge in [0.25, 0.3) is 0 Å². The van der Waals surface area contributed by atoms with E-state index in [2.05, 4.69) is 11.7 Å². The molecule has 1 N–H and O–H groups in total. The Bertz CT molecular complexity index is 210. The molecule has 0 heterocycles. The van der Waals surface area contributed by atoms with Crippen LogP contribution in [0.3, 0.4) is 0 Å². The summed E-state index contributed by atoms with van der Waals surface area (Å²) in [5, 5.41) is 9.70. The summed E-state index contributed by atoms with van der Waals surface area (Å²) < 4.78 is 4.52. The predicted octanol–water partition coefficient (Wildman–Crippen LogP) is 1.20. The Balaban J connectivity index is 2.63. The number of methoxy groups -OCH3 is 1. The molecule has 1 aliphatic rings. The first-order valence-electron chi connectivity index (χ1n) is 4.67. The highest BCUT2D eigenvalue weighted by Crippen LogP contribution is 2.52. The summed E-state index contributed by atoms with van der Waals surface area (Å²) in [7, 11) is 1.30. The Kier molecular flexibility index (Phi) is 2.66. The number of aliphatic hydroxyl groups excluding tert-OH is 1. The fourth-order valence-corrected chi connectivity index (χ4v) is 1.98. The smallest absolute Gasteiger partial charge is 0.335 e. The third kappa shape index (κ3) is 1.85. The van der Waals surface area contributed by atoms with Gasteiger partial charge in [0.1, 0.15) is 0 Å². The highest BCUT2D eigenvalue weighted by molar-refractivity contribution is 5.75. The molecule has 3 nitrogen and oxygen atoms in total. The van der Waals surface area contributed by atoms with Gasteiger partial charge in [0, 0.05) is 5.41 Å². The van der Waals surface area contributed by atoms with Gasteiger partial charge in [0.05, 0.1) is 7.11 Å². The van der Waals surface area contributed by atoms with E-state index in [1.807, 2.05) is 13.8 Å². The van der Waals surface area contributed by atoms with E-state index >= 15 is 0 Å². The van der Waals surface area contributed by atoms with E-state index in [9.17, 15) is 9.90 Å². The van der Waals surface area contributed by atoms with Crippen LogP contribution in [0.15, 0.2) is 0 Å². The molecule has 0 radical (unpaired) electrons. The lowest BCUT2D eigenvalue weighted by molar-refractivity contribution is -0.158. The molecule has 0 bridgehead atoms. The van der Waals surface area contributed by atoms with Crippen LogP contribution in [-0.4, -0.2) is 24.3 Å². The van der Waals surface area contributed by atoms with Crippen molar-refractivity contribution in [3.05, 3.63) is 0 Å². The topological polar surface area (TPSA) is 46.5 Å². The van der Waals surface area contributed by atoms with Gasteiger partial charge < -0.3 is 9.84 Å². The maximum Gasteiger partial charge on any atom is 0.335 e. The fourth-order valence-electron chi connectivity index (χ4n) is 1.98. The van der Waals surface area contributed by atoms with E-state index in [1.165, 1.54) is 7.11 Å². The summed E-state index contributed by atoms with van der Waals surface area (Å²) in [6, 6.07) is 0. The minimum absolute atomic E-state index is 0.355. The Morgan fingerprint density at radius 1 is 1.62 bits per heavy atom. The lowest BCUT2D eigenvalue weighted by Crippen LogP contribution is -2.39. The maximum atomic E-state index is 11.1. The van der Waals surface area contributed by atoms with E-state index in [0.717, 1.165) is 6.42 Å². The average Bonchev–Trinajstić information content (AvgIpc) is 2.80. The van der Waals surface area contributed by atoms with Crippen molar-refractivity contribution in [2.24, 2.45) is 17.3 Å². The highest BCUT2D eigenvalue weighted by atomic mass is 16.5. The number of aliphatic hydroxyl groups is 1. The number of hydrogen-bond acceptors (Lipinski definition) is 3. The Morgan fingerprint density at radius 3 is 2.38 bits per heavy atom. The lowest BCUT2D eigenvalue weighted by Gasteiger charge is -2.28. The zero-order chi connectivity index (χ0) is 10.2. The molecular formula is C10H18O3. The molecule has 1 aliphatic carbocycles. The van der Waals surface area contributed by atoms with Crippen molar-refractivity contribution in [2.75, 3.05) is 7.11 Å². The molecule has 0 aromatic carbocycles. The monoisotopic (exact) mass is 186 g/mol. The molecule has 13 heavy (non-hydrogen) atoms. The fraction of sp³-hybridized carbons (Fsp3) is 0.900. The summed E-state index contributed by atoms with van der Waals surface area (Å²) in [6.45, 7) is 5.97. The van der Waals surface area contributed by atoms with Crippen LogP contribution in [0.2, 0.25) is 0 Å². The van der Waals surface area contributed by atoms with Crippen molar-refractivity contribution in [1.82, 2.24) is 0 Å². The van der Waals surface area contributed by atoms with Gasteiger partial charge in [-0.2, -0.15) is 0 Å². The first kappa shape index (κ1) is 10.5. The van der Waals surface area contributed by atoms with Crippen LogP contribution in [0, 0.1) is 17.3 Å². The van der Waals surface area contributed by atoms with E-state index in [0.29, 0.717) is 11.8 Å². The van der Waals surface area contributed by atoms with Crippen molar-refractivity contribution in [2.45, 2.75) is 33.3 Å². The molecule has 0 amide bonds. The van der Waals surface area contributed by atoms with E-state index in [1.54, 1.807) is 0 Å². The molecule has 0 aromatic rings. The summed E-state index contributed by atoms with van der Waals surface area (Å²) in [4.78, 5) is 11.1. The number of carbonyl (C=O) groups excluding carboxylic acids is 1. The van der Waals surface area contributed by atoms with Gasteiger partial charge in [-0.3, -0.25) is 0 Å². The van der Waals surface area contributed by atoms with Crippen LogP contribution in [0.4, 0.5) is 0 Å². The third-order valence-electron chi connectivity index (χ3n) is 3.19. The van der Waals surface area contributed by atoms with Crippen LogP contribution < -0.4 is 0 Å². The van der Waals surface area contributed by atoms with Crippen LogP contribution in [0.5, 0.6) is 0 Å². The second-order valence-corrected chi connectivity index (χ2v) is 4.57. The second-order valence-electron chi connectivity index (χ2n) is 4.57. The quantitative estimate of drug-likeness (QED) is 0.674. The molecule has 1 saturated carbocycles. The van der Waals surface area contributed by atoms with Crippen LogP contribution in [0.1, 0.15) is 27.2 Å². The molecule has 1 rings (SSSR count). The van der Waals surface area contributed by atoms with Crippen molar-refractivity contribution in [3.63, 3.8) is 0 Å². The van der Waals surface area contributed by atoms with Crippen LogP contribution in [-0.2, 0) is 9.53 Å². The summed E-state index contributed by atoms with van der Waals surface area (Å²) in [5.41, 5.74) is -0.355. The van der Waals surface area contributed by atoms with Crippen molar-refractivity contribution >= 4 is 5.97 Å². The summed E-state index contributed by atoms with van der Waals surface area (Å²) in [6.07, 6.45) is 0.105. The third-order valence-corrected chi connectivity index (χ3v) is 3.19. The zero-order valence-electron chi connectivity index (χ0n) is 8.70. The first-order valence-corrected chi connectivity index (χ1v) is 4.67. The Morgan fingerprint density at radius 2 is 2.08 bits per heavy atom. The molecular weight excluding hydrogens is 168 g/mol. The molecule has 3 unspecified atom stereocenters. The standard InChI is InChI=1S/C10H18O3/c1-6-5-7(6)10(2,3)8(11)9(12)13-4/h6-8,11H,5H2,1-4H3. The van der Waals surface area contributed by atoms with Crippen molar-refractivity contribution in [1.29, 1.82) is 0 Å². The largest absolute Gasteiger partial charge is 0.467 e. The number of rotatable bonds is 3. The summed E-state index contributed by atoms with van der Waals surface area (Å²) >= 11 is 0. The lowest BCUT2D eigenvalue weighted by atomic mass is 9.80. The van der Waals surface area contributed by atoms with Crippen molar-refractivity contribution in [3.8, 4) is 0 Å². The van der Waals surface area contributed by atoms with E-state index < -0.39 is 12.1 Å². The van der Waals surface area contributed by atoms with Crippen LogP contribution in [0.25, 0.3) is 0 Å². The van der Waals surface area contributed by atoms with Crippen molar-refractivity contribution < 1.29 is 14.6 Å². The number of esters is 1. The second kappa shape index (κ2) is 3.29.